The number of aryl methyl sites for hydroxylation is 2. The van der Waals surface area contributed by atoms with Crippen LogP contribution in [0.2, 0.25) is 0 Å². The van der Waals surface area contributed by atoms with Crippen molar-refractivity contribution in [2.24, 2.45) is 0 Å². The van der Waals surface area contributed by atoms with Gasteiger partial charge in [-0.15, -0.1) is 0 Å². The van der Waals surface area contributed by atoms with Crippen LogP contribution in [0, 0.1) is 0 Å². The summed E-state index contributed by atoms with van der Waals surface area (Å²) in [6.45, 7) is 10.4. The molecule has 1 N–H and O–H groups in total. The van der Waals surface area contributed by atoms with E-state index in [1.54, 1.807) is 5.69 Å². The van der Waals surface area contributed by atoms with E-state index in [-0.39, 0.29) is 17.0 Å². The molecule has 1 heterocycles. The fourth-order valence-electron chi connectivity index (χ4n) is 2.96. The van der Waals surface area contributed by atoms with Crippen molar-refractivity contribution in [3.8, 4) is 0 Å². The fraction of sp³-hybridized carbons (Fsp3) is 0.842. The third kappa shape index (κ3) is 6.85. The quantitative estimate of drug-likeness (QED) is 0.542. The molecule has 22 heavy (non-hydrogen) atoms. The van der Waals surface area contributed by atoms with Crippen LogP contribution in [-0.4, -0.2) is 4.98 Å². The van der Waals surface area contributed by atoms with Crippen LogP contribution in [0.4, 0.5) is 0 Å². The lowest BCUT2D eigenvalue weighted by molar-refractivity contribution is -0.710. The first kappa shape index (κ1) is 21.7. The van der Waals surface area contributed by atoms with Gasteiger partial charge in [0.05, 0.1) is 6.54 Å². The van der Waals surface area contributed by atoms with Gasteiger partial charge in [0.2, 0.25) is 0 Å². The molecule has 0 radical (unpaired) electrons. The third-order valence-corrected chi connectivity index (χ3v) is 4.35. The Kier molecular flexibility index (Phi) is 13.0. The number of imidazole rings is 1. The molecule has 0 bridgehead atoms. The number of nitrogens with zero attached hydrogens (tertiary/aromatic N) is 1. The molecule has 130 valence electrons. The van der Waals surface area contributed by atoms with Gasteiger partial charge in [-0.3, -0.25) is 0 Å². The summed E-state index contributed by atoms with van der Waals surface area (Å²) >= 11 is 0. The summed E-state index contributed by atoms with van der Waals surface area (Å²) in [4.78, 5) is 3.80. The normalized spacial score (nSPS) is 10.7. The number of nitrogens with one attached hydrogen (secondary N) is 1. The van der Waals surface area contributed by atoms with E-state index in [1.165, 1.54) is 88.7 Å². The summed E-state index contributed by atoms with van der Waals surface area (Å²) in [6, 6.07) is 0. The summed E-state index contributed by atoms with van der Waals surface area (Å²) in [6.07, 6.45) is 14.0. The molecule has 0 aromatic carbocycles. The highest BCUT2D eigenvalue weighted by Crippen LogP contribution is 2.14. The van der Waals surface area contributed by atoms with Gasteiger partial charge in [-0.1, -0.05) is 53.4 Å². The number of unbranched alkanes of at least 4 members (excludes halogenated alkanes) is 4. The number of H-pyrrole nitrogens is 1. The molecule has 0 unspecified atom stereocenters. The smallest absolute Gasteiger partial charge is 0.254 e. The second-order valence-electron chi connectivity index (χ2n) is 6.31. The molecule has 0 aliphatic heterocycles. The molecule has 1 aromatic rings. The van der Waals surface area contributed by atoms with Gasteiger partial charge >= 0.3 is 0 Å². The van der Waals surface area contributed by atoms with Gasteiger partial charge in [0.1, 0.15) is 11.4 Å². The standard InChI is InChI=1S/C19H36N2.BrH/c1-5-9-13-17-18(14-10-6-2)21(16-12-8-4)19(20-17)15-11-7-3;/h5-16H2,1-4H3;1H. The van der Waals surface area contributed by atoms with Crippen LogP contribution in [-0.2, 0) is 25.8 Å². The van der Waals surface area contributed by atoms with Gasteiger partial charge in [0.25, 0.3) is 5.82 Å². The van der Waals surface area contributed by atoms with E-state index in [0.717, 1.165) is 0 Å². The van der Waals surface area contributed by atoms with Crippen LogP contribution in [0.3, 0.4) is 0 Å². The van der Waals surface area contributed by atoms with Gasteiger partial charge in [-0.05, 0) is 25.7 Å². The molecule has 0 saturated carbocycles. The Morgan fingerprint density at radius 3 is 1.86 bits per heavy atom. The number of rotatable bonds is 12. The van der Waals surface area contributed by atoms with E-state index < -0.39 is 0 Å². The maximum absolute atomic E-state index is 3.80. The number of halogens is 1. The van der Waals surface area contributed by atoms with Crippen LogP contribution < -0.4 is 21.5 Å². The molecule has 0 atom stereocenters. The van der Waals surface area contributed by atoms with Gasteiger partial charge in [0.15, 0.2) is 0 Å². The van der Waals surface area contributed by atoms with Crippen LogP contribution in [0.5, 0.6) is 0 Å². The van der Waals surface area contributed by atoms with E-state index in [4.69, 9.17) is 0 Å². The number of hydrogen-bond donors (Lipinski definition) is 1. The van der Waals surface area contributed by atoms with Crippen molar-refractivity contribution in [3.63, 3.8) is 0 Å². The zero-order valence-corrected chi connectivity index (χ0v) is 16.9. The Morgan fingerprint density at radius 2 is 1.27 bits per heavy atom. The highest BCUT2D eigenvalue weighted by atomic mass is 79.9. The zero-order chi connectivity index (χ0) is 15.5. The predicted octanol–water partition coefficient (Wildman–Crippen LogP) is 2.13. The Balaban J connectivity index is 0.00000441. The van der Waals surface area contributed by atoms with Crippen LogP contribution in [0.1, 0.15) is 96.3 Å². The molecular weight excluding hydrogens is 336 g/mol. The number of aromatic amines is 1. The lowest BCUT2D eigenvalue weighted by atomic mass is 10.1. The fourth-order valence-corrected chi connectivity index (χ4v) is 2.96. The van der Waals surface area contributed by atoms with Crippen LogP contribution in [0.15, 0.2) is 0 Å². The van der Waals surface area contributed by atoms with Crippen LogP contribution in [0.25, 0.3) is 0 Å². The summed E-state index contributed by atoms with van der Waals surface area (Å²) in [5.41, 5.74) is 3.15. The van der Waals surface area contributed by atoms with Crippen molar-refractivity contribution >= 4 is 0 Å². The Hall–Kier alpha value is -0.310. The van der Waals surface area contributed by atoms with E-state index in [1.807, 2.05) is 0 Å². The molecule has 2 nitrogen and oxygen atoms in total. The number of aromatic nitrogens is 2. The summed E-state index contributed by atoms with van der Waals surface area (Å²) in [5.74, 6) is 1.49. The highest BCUT2D eigenvalue weighted by molar-refractivity contribution is 5.09. The van der Waals surface area contributed by atoms with Crippen molar-refractivity contribution in [3.05, 3.63) is 17.2 Å². The largest absolute Gasteiger partial charge is 1.00 e. The molecule has 0 aliphatic rings. The molecule has 0 saturated heterocycles. The molecule has 3 heteroatoms. The van der Waals surface area contributed by atoms with E-state index in [0.29, 0.717) is 0 Å². The molecule has 1 rings (SSSR count). The maximum atomic E-state index is 3.80. The average Bonchev–Trinajstić information content (AvgIpc) is 2.83. The molecular formula is C19H37BrN2. The van der Waals surface area contributed by atoms with Crippen molar-refractivity contribution in [1.82, 2.24) is 4.98 Å². The van der Waals surface area contributed by atoms with E-state index >= 15 is 0 Å². The molecule has 0 aliphatic carbocycles. The SMILES string of the molecule is CCCCc1[nH]c(CCCC)[n+](CCCC)c1CCCC.[Br-]. The van der Waals surface area contributed by atoms with Gasteiger partial charge in [-0.2, -0.15) is 0 Å². The highest BCUT2D eigenvalue weighted by Gasteiger charge is 2.22. The van der Waals surface area contributed by atoms with Gasteiger partial charge in [0, 0.05) is 19.3 Å². The lowest BCUT2D eigenvalue weighted by Crippen LogP contribution is -3.00. The number of hydrogen-bond acceptors (Lipinski definition) is 0. The average molecular weight is 373 g/mol. The second-order valence-corrected chi connectivity index (χ2v) is 6.31. The molecule has 0 spiro atoms. The predicted molar refractivity (Wildman–Crippen MR) is 91.7 cm³/mol. The first-order valence-electron chi connectivity index (χ1n) is 9.40. The van der Waals surface area contributed by atoms with Crippen LogP contribution >= 0.6 is 0 Å². The molecule has 0 amide bonds. The molecule has 0 fully saturated rings. The van der Waals surface area contributed by atoms with Gasteiger partial charge < -0.3 is 17.0 Å². The minimum absolute atomic E-state index is 0. The van der Waals surface area contributed by atoms with E-state index in [2.05, 4.69) is 37.2 Å². The van der Waals surface area contributed by atoms with Crippen molar-refractivity contribution in [2.75, 3.05) is 0 Å². The summed E-state index contributed by atoms with van der Waals surface area (Å²) in [7, 11) is 0. The Morgan fingerprint density at radius 1 is 0.727 bits per heavy atom. The van der Waals surface area contributed by atoms with Crippen molar-refractivity contribution < 1.29 is 21.5 Å². The maximum Gasteiger partial charge on any atom is 0.254 e. The van der Waals surface area contributed by atoms with E-state index in [9.17, 15) is 0 Å². The minimum atomic E-state index is 0. The minimum Gasteiger partial charge on any atom is -1.00 e. The Labute approximate surface area is 148 Å². The summed E-state index contributed by atoms with van der Waals surface area (Å²) < 4.78 is 2.64. The second kappa shape index (κ2) is 13.2. The Bertz CT molecular complexity index is 351. The van der Waals surface area contributed by atoms with Crippen molar-refractivity contribution in [1.29, 1.82) is 0 Å². The monoisotopic (exact) mass is 372 g/mol. The molecule has 1 aromatic heterocycles. The summed E-state index contributed by atoms with van der Waals surface area (Å²) in [5, 5.41) is 0. The van der Waals surface area contributed by atoms with Gasteiger partial charge in [-0.25, -0.2) is 9.55 Å². The lowest BCUT2D eigenvalue weighted by Gasteiger charge is -2.05. The zero-order valence-electron chi connectivity index (χ0n) is 15.3. The first-order valence-corrected chi connectivity index (χ1v) is 9.40. The topological polar surface area (TPSA) is 19.7 Å². The van der Waals surface area contributed by atoms with Crippen molar-refractivity contribution in [2.45, 2.75) is 105 Å². The third-order valence-electron chi connectivity index (χ3n) is 4.35. The first-order chi connectivity index (χ1) is 10.3.